The van der Waals surface area contributed by atoms with Gasteiger partial charge in [0.25, 0.3) is 0 Å². The lowest BCUT2D eigenvalue weighted by molar-refractivity contribution is -0.143. The summed E-state index contributed by atoms with van der Waals surface area (Å²) in [5, 5.41) is 30.4. The predicted molar refractivity (Wildman–Crippen MR) is 193 cm³/mol. The number of rotatable bonds is 20. The normalized spacial score (nSPS) is 13.1. The van der Waals surface area contributed by atoms with Gasteiger partial charge in [-0.05, 0) is 68.0 Å². The highest BCUT2D eigenvalue weighted by molar-refractivity contribution is 9.09. The Bertz CT molecular complexity index is 1450. The fourth-order valence-corrected chi connectivity index (χ4v) is 5.16. The molecule has 12 nitrogen and oxygen atoms in total. The Morgan fingerprint density at radius 1 is 0.857 bits per heavy atom. The average molecular weight is 743 g/mol. The van der Waals surface area contributed by atoms with E-state index in [-0.39, 0.29) is 42.2 Å². The number of nitrogens with zero attached hydrogens (tertiary/aromatic N) is 1. The number of nitrogens with one attached hydrogen (secondary N) is 4. The Morgan fingerprint density at radius 3 is 1.92 bits per heavy atom. The number of carboxylic acid groups (broad SMARTS) is 1. The van der Waals surface area contributed by atoms with E-state index in [1.807, 2.05) is 18.7 Å². The van der Waals surface area contributed by atoms with Gasteiger partial charge in [-0.3, -0.25) is 24.1 Å². The fourth-order valence-electron chi connectivity index (χ4n) is 5.02. The zero-order valence-electron chi connectivity index (χ0n) is 28.5. The van der Waals surface area contributed by atoms with Crippen LogP contribution in [0.15, 0.2) is 73.8 Å². The van der Waals surface area contributed by atoms with Crippen LogP contribution in [0.1, 0.15) is 45.2 Å². The second kappa shape index (κ2) is 19.5. The molecule has 13 heteroatoms. The quantitative estimate of drug-likeness (QED) is 0.0882. The molecular formula is C36H48BrN5O7. The highest BCUT2D eigenvalue weighted by Gasteiger charge is 2.37. The molecule has 0 spiro atoms. The molecule has 2 aromatic rings. The molecule has 4 amide bonds. The smallest absolute Gasteiger partial charge is 0.326 e. The fraction of sp³-hybridized carbons (Fsp3) is 0.417. The van der Waals surface area contributed by atoms with Crippen LogP contribution in [-0.2, 0) is 36.8 Å². The van der Waals surface area contributed by atoms with Gasteiger partial charge in [-0.2, -0.15) is 0 Å². The van der Waals surface area contributed by atoms with E-state index in [1.165, 1.54) is 26.0 Å². The summed E-state index contributed by atoms with van der Waals surface area (Å²) in [4.78, 5) is 66.8. The average Bonchev–Trinajstić information content (AvgIpc) is 3.03. The number of anilines is 1. The number of halogens is 1. The number of phenols is 1. The summed E-state index contributed by atoms with van der Waals surface area (Å²) < 4.78 is 0. The van der Waals surface area contributed by atoms with Crippen molar-refractivity contribution in [3.63, 3.8) is 0 Å². The highest BCUT2D eigenvalue weighted by atomic mass is 79.9. The first kappa shape index (κ1) is 40.7. The molecule has 0 unspecified atom stereocenters. The van der Waals surface area contributed by atoms with Crippen LogP contribution >= 0.6 is 15.9 Å². The molecule has 0 aliphatic carbocycles. The standard InChI is InChI=1S/C36H48BrN5O7/c1-7-17-42(18-8-2)30(21-25-11-15-27(43)16-12-25)33(46)41-36(5,6)35(49)40-28(32(45)39-29(34(47)48)19-23(3)4)20-24-9-13-26(14-10-24)38-31(44)22-37/h7-16,23,28-30,43H,1-2,17-22H2,3-6H3,(H,38,44)(H,39,45)(H,40,49)(H,41,46)(H,47,48)/t28-,29-,30-/m0/s1. The Kier molecular flexibility index (Phi) is 16.2. The largest absolute Gasteiger partial charge is 0.508 e. The Hall–Kier alpha value is -4.49. The van der Waals surface area contributed by atoms with Crippen molar-refractivity contribution < 1.29 is 34.2 Å². The van der Waals surface area contributed by atoms with E-state index >= 15 is 0 Å². The summed E-state index contributed by atoms with van der Waals surface area (Å²) in [6, 6.07) is 10.0. The van der Waals surface area contributed by atoms with Crippen molar-refractivity contribution in [2.75, 3.05) is 23.7 Å². The first-order valence-corrected chi connectivity index (χ1v) is 17.1. The molecule has 0 fully saturated rings. The van der Waals surface area contributed by atoms with Gasteiger partial charge >= 0.3 is 5.97 Å². The molecule has 0 aliphatic rings. The third-order valence-electron chi connectivity index (χ3n) is 7.58. The molecule has 49 heavy (non-hydrogen) atoms. The van der Waals surface area contributed by atoms with Crippen LogP contribution in [0.3, 0.4) is 0 Å². The maximum Gasteiger partial charge on any atom is 0.326 e. The van der Waals surface area contributed by atoms with Crippen molar-refractivity contribution in [1.82, 2.24) is 20.9 Å². The van der Waals surface area contributed by atoms with Crippen molar-refractivity contribution in [1.29, 1.82) is 0 Å². The molecule has 0 aliphatic heterocycles. The maximum atomic E-state index is 13.9. The number of carbonyl (C=O) groups excluding carboxylic acids is 4. The van der Waals surface area contributed by atoms with Gasteiger partial charge in [-0.1, -0.05) is 66.2 Å². The lowest BCUT2D eigenvalue weighted by Gasteiger charge is -2.34. The van der Waals surface area contributed by atoms with E-state index in [0.29, 0.717) is 24.3 Å². The summed E-state index contributed by atoms with van der Waals surface area (Å²) >= 11 is 3.10. The van der Waals surface area contributed by atoms with Crippen molar-refractivity contribution in [3.05, 3.63) is 85.0 Å². The number of carboxylic acids is 1. The monoisotopic (exact) mass is 741 g/mol. The van der Waals surface area contributed by atoms with E-state index in [1.54, 1.807) is 48.6 Å². The molecule has 0 heterocycles. The van der Waals surface area contributed by atoms with Crippen molar-refractivity contribution in [2.45, 2.75) is 70.6 Å². The third-order valence-corrected chi connectivity index (χ3v) is 8.09. The van der Waals surface area contributed by atoms with E-state index in [4.69, 9.17) is 0 Å². The second-order valence-corrected chi connectivity index (χ2v) is 13.2. The van der Waals surface area contributed by atoms with Crippen LogP contribution in [0.4, 0.5) is 5.69 Å². The van der Waals surface area contributed by atoms with Crippen molar-refractivity contribution >= 4 is 51.2 Å². The van der Waals surface area contributed by atoms with Crippen LogP contribution in [0, 0.1) is 5.92 Å². The minimum Gasteiger partial charge on any atom is -0.508 e. The predicted octanol–water partition coefficient (Wildman–Crippen LogP) is 3.55. The Morgan fingerprint density at radius 2 is 1.41 bits per heavy atom. The van der Waals surface area contributed by atoms with Crippen LogP contribution in [0.5, 0.6) is 5.75 Å². The summed E-state index contributed by atoms with van der Waals surface area (Å²) in [6.45, 7) is 15.0. The van der Waals surface area contributed by atoms with Gasteiger partial charge in [0.05, 0.1) is 11.4 Å². The minimum atomic E-state index is -1.51. The Labute approximate surface area is 296 Å². The van der Waals surface area contributed by atoms with Gasteiger partial charge in [0.2, 0.25) is 23.6 Å². The molecular weight excluding hydrogens is 694 g/mol. The lowest BCUT2D eigenvalue weighted by atomic mass is 9.98. The van der Waals surface area contributed by atoms with Gasteiger partial charge in [0.1, 0.15) is 23.4 Å². The number of benzene rings is 2. The zero-order valence-corrected chi connectivity index (χ0v) is 30.1. The van der Waals surface area contributed by atoms with E-state index in [0.717, 1.165) is 5.56 Å². The van der Waals surface area contributed by atoms with Gasteiger partial charge < -0.3 is 31.5 Å². The molecule has 0 aromatic heterocycles. The number of amides is 4. The van der Waals surface area contributed by atoms with Crippen LogP contribution in [-0.4, -0.2) is 86.8 Å². The van der Waals surface area contributed by atoms with Crippen LogP contribution < -0.4 is 21.3 Å². The van der Waals surface area contributed by atoms with Crippen molar-refractivity contribution in [2.24, 2.45) is 5.92 Å². The number of aromatic hydroxyl groups is 1. The summed E-state index contributed by atoms with van der Waals surface area (Å²) in [5.74, 6) is -3.20. The van der Waals surface area contributed by atoms with E-state index in [2.05, 4.69) is 50.4 Å². The van der Waals surface area contributed by atoms with Gasteiger partial charge in [-0.25, -0.2) is 4.79 Å². The molecule has 0 bridgehead atoms. The van der Waals surface area contributed by atoms with Crippen LogP contribution in [0.2, 0.25) is 0 Å². The zero-order chi connectivity index (χ0) is 36.7. The number of aliphatic carboxylic acids is 1. The highest BCUT2D eigenvalue weighted by Crippen LogP contribution is 2.17. The minimum absolute atomic E-state index is 0.00177. The number of carbonyl (C=O) groups is 5. The maximum absolute atomic E-state index is 13.9. The second-order valence-electron chi connectivity index (χ2n) is 12.7. The summed E-state index contributed by atoms with van der Waals surface area (Å²) in [5.41, 5.74) is 0.439. The van der Waals surface area contributed by atoms with Crippen molar-refractivity contribution in [3.8, 4) is 5.75 Å². The van der Waals surface area contributed by atoms with Gasteiger partial charge in [-0.15, -0.1) is 13.2 Å². The van der Waals surface area contributed by atoms with Gasteiger partial charge in [0.15, 0.2) is 0 Å². The Balaban J connectivity index is 2.36. The number of phenolic OH excluding ortho intramolecular Hbond substituents is 1. The summed E-state index contributed by atoms with van der Waals surface area (Å²) in [7, 11) is 0. The number of hydrogen-bond donors (Lipinski definition) is 6. The van der Waals surface area contributed by atoms with E-state index in [9.17, 15) is 34.2 Å². The van der Waals surface area contributed by atoms with Crippen LogP contribution in [0.25, 0.3) is 0 Å². The first-order chi connectivity index (χ1) is 23.1. The lowest BCUT2D eigenvalue weighted by Crippen LogP contribution is -2.62. The van der Waals surface area contributed by atoms with Gasteiger partial charge in [0, 0.05) is 25.2 Å². The SMILES string of the molecule is C=CCN(CC=C)[C@@H](Cc1ccc(O)cc1)C(=O)NC(C)(C)C(=O)N[C@@H](Cc1ccc(NC(=O)CBr)cc1)C(=O)N[C@@H](CC(C)C)C(=O)O. The molecule has 0 saturated heterocycles. The molecule has 2 rings (SSSR count). The number of hydrogen-bond acceptors (Lipinski definition) is 7. The molecule has 3 atom stereocenters. The molecule has 266 valence electrons. The topological polar surface area (TPSA) is 177 Å². The summed E-state index contributed by atoms with van der Waals surface area (Å²) in [6.07, 6.45) is 3.76. The first-order valence-electron chi connectivity index (χ1n) is 15.9. The number of alkyl halides is 1. The molecule has 0 saturated carbocycles. The third kappa shape index (κ3) is 13.5. The molecule has 0 radical (unpaired) electrons. The van der Waals surface area contributed by atoms with E-state index < -0.39 is 47.4 Å². The molecule has 2 aromatic carbocycles. The molecule has 6 N–H and O–H groups in total.